The van der Waals surface area contributed by atoms with Crippen molar-refractivity contribution in [3.05, 3.63) is 34.9 Å². The van der Waals surface area contributed by atoms with E-state index in [2.05, 4.69) is 6.92 Å². The number of hydrogen-bond acceptors (Lipinski definition) is 0. The van der Waals surface area contributed by atoms with Crippen molar-refractivity contribution in [3.63, 3.8) is 0 Å². The molecule has 5 heteroatoms. The van der Waals surface area contributed by atoms with Gasteiger partial charge in [0.2, 0.25) is 0 Å². The van der Waals surface area contributed by atoms with E-state index in [0.29, 0.717) is 24.7 Å². The average Bonchev–Trinajstić information content (AvgIpc) is 2.61. The van der Waals surface area contributed by atoms with E-state index in [1.165, 1.54) is 38.2 Å². The molecule has 0 heterocycles. The maximum absolute atomic E-state index is 14.4. The Morgan fingerprint density at radius 2 is 1.38 bits per heavy atom. The van der Waals surface area contributed by atoms with Gasteiger partial charge in [0.1, 0.15) is 17.2 Å². The van der Waals surface area contributed by atoms with Crippen LogP contribution in [-0.4, -0.2) is 0 Å². The molecule has 0 unspecified atom stereocenters. The molecule has 0 aliphatic heterocycles. The van der Waals surface area contributed by atoms with Crippen LogP contribution in [0.3, 0.4) is 0 Å². The third kappa shape index (κ3) is 4.07. The Morgan fingerprint density at radius 3 is 1.88 bits per heavy atom. The van der Waals surface area contributed by atoms with Gasteiger partial charge in [-0.05, 0) is 73.8 Å². The summed E-state index contributed by atoms with van der Waals surface area (Å²) in [6, 6.07) is 1.97. The summed E-state index contributed by atoms with van der Waals surface area (Å²) in [6.45, 7) is 2.24. The Kier molecular flexibility index (Phi) is 5.93. The number of hydrogen-bond donors (Lipinski definition) is 0. The van der Waals surface area contributed by atoms with Crippen molar-refractivity contribution in [2.45, 2.75) is 76.8 Å². The number of alkyl halides is 3. The number of benzene rings is 1. The molecule has 0 saturated heterocycles. The van der Waals surface area contributed by atoms with Gasteiger partial charge in [0.05, 0.1) is 0 Å². The highest BCUT2D eigenvalue weighted by Gasteiger charge is 2.40. The lowest BCUT2D eigenvalue weighted by atomic mass is 9.68. The van der Waals surface area contributed by atoms with Crippen molar-refractivity contribution >= 4 is 0 Å². The number of halogens is 5. The van der Waals surface area contributed by atoms with Crippen LogP contribution in [0, 0.1) is 29.4 Å². The molecule has 1 aromatic carbocycles. The summed E-state index contributed by atoms with van der Waals surface area (Å²) in [4.78, 5) is 0. The first-order valence-corrected chi connectivity index (χ1v) is 9.86. The van der Waals surface area contributed by atoms with E-state index in [1.54, 1.807) is 0 Å². The molecule has 3 rings (SSSR count). The smallest absolute Gasteiger partial charge is 0.206 e. The molecule has 0 aromatic heterocycles. The lowest BCUT2D eigenvalue weighted by molar-refractivity contribution is -0.142. The molecule has 0 atom stereocenters. The Bertz CT molecular complexity index is 606. The van der Waals surface area contributed by atoms with Crippen LogP contribution in [0.5, 0.6) is 0 Å². The molecule has 0 N–H and O–H groups in total. The molecule has 0 radical (unpaired) electrons. The number of rotatable bonds is 3. The van der Waals surface area contributed by atoms with Gasteiger partial charge in [-0.2, -0.15) is 13.2 Å². The topological polar surface area (TPSA) is 0 Å². The van der Waals surface area contributed by atoms with Gasteiger partial charge in [-0.1, -0.05) is 32.3 Å². The predicted molar refractivity (Wildman–Crippen MR) is 91.8 cm³/mol. The standard InChI is InChI=1S/C21H27F5/c1-2-13-3-5-14(6-4-13)15-7-9-16(10-8-15)17-11-12-18(22)19(20(17)23)21(24,25)26/h11-16H,2-10H2,1H3. The summed E-state index contributed by atoms with van der Waals surface area (Å²) < 4.78 is 66.7. The van der Waals surface area contributed by atoms with Gasteiger partial charge in [-0.25, -0.2) is 8.78 Å². The van der Waals surface area contributed by atoms with E-state index in [-0.39, 0.29) is 11.5 Å². The summed E-state index contributed by atoms with van der Waals surface area (Å²) in [6.07, 6.45) is 4.55. The van der Waals surface area contributed by atoms with Crippen molar-refractivity contribution in [2.75, 3.05) is 0 Å². The van der Waals surface area contributed by atoms with Gasteiger partial charge < -0.3 is 0 Å². The highest BCUT2D eigenvalue weighted by Crippen LogP contribution is 2.46. The van der Waals surface area contributed by atoms with Crippen molar-refractivity contribution in [2.24, 2.45) is 17.8 Å². The minimum atomic E-state index is -5.00. The van der Waals surface area contributed by atoms with Crippen LogP contribution in [0.4, 0.5) is 22.0 Å². The maximum Gasteiger partial charge on any atom is 0.422 e. The molecule has 0 spiro atoms. The van der Waals surface area contributed by atoms with Crippen LogP contribution in [-0.2, 0) is 6.18 Å². The fraction of sp³-hybridized carbons (Fsp3) is 0.714. The van der Waals surface area contributed by atoms with E-state index < -0.39 is 23.4 Å². The molecule has 26 heavy (non-hydrogen) atoms. The Balaban J connectivity index is 1.65. The van der Waals surface area contributed by atoms with Gasteiger partial charge in [0.15, 0.2) is 0 Å². The highest BCUT2D eigenvalue weighted by molar-refractivity contribution is 5.32. The van der Waals surface area contributed by atoms with E-state index in [1.807, 2.05) is 0 Å². The van der Waals surface area contributed by atoms with Gasteiger partial charge in [0.25, 0.3) is 0 Å². The highest BCUT2D eigenvalue weighted by atomic mass is 19.4. The molecule has 2 fully saturated rings. The van der Waals surface area contributed by atoms with Crippen LogP contribution in [0.25, 0.3) is 0 Å². The molecule has 0 amide bonds. The first-order valence-electron chi connectivity index (χ1n) is 9.86. The summed E-state index contributed by atoms with van der Waals surface area (Å²) in [5.41, 5.74) is -1.71. The normalized spacial score (nSPS) is 30.4. The molecule has 0 bridgehead atoms. The fourth-order valence-corrected chi connectivity index (χ4v) is 5.11. The Hall–Kier alpha value is -1.13. The first-order chi connectivity index (χ1) is 12.3. The van der Waals surface area contributed by atoms with Crippen LogP contribution < -0.4 is 0 Å². The second-order valence-corrected chi connectivity index (χ2v) is 8.12. The van der Waals surface area contributed by atoms with E-state index in [9.17, 15) is 22.0 Å². The molecule has 2 aliphatic carbocycles. The molecule has 1 aromatic rings. The van der Waals surface area contributed by atoms with Crippen LogP contribution >= 0.6 is 0 Å². The fourth-order valence-electron chi connectivity index (χ4n) is 5.11. The molecular weight excluding hydrogens is 347 g/mol. The second kappa shape index (κ2) is 7.85. The summed E-state index contributed by atoms with van der Waals surface area (Å²) in [7, 11) is 0. The zero-order chi connectivity index (χ0) is 18.9. The van der Waals surface area contributed by atoms with Gasteiger partial charge >= 0.3 is 6.18 Å². The molecule has 146 valence electrons. The van der Waals surface area contributed by atoms with Crippen molar-refractivity contribution in [1.29, 1.82) is 0 Å². The zero-order valence-electron chi connectivity index (χ0n) is 15.2. The Morgan fingerprint density at radius 1 is 0.846 bits per heavy atom. The van der Waals surface area contributed by atoms with Crippen LogP contribution in [0.1, 0.15) is 81.8 Å². The molecule has 0 nitrogen and oxygen atoms in total. The van der Waals surface area contributed by atoms with Crippen molar-refractivity contribution in [1.82, 2.24) is 0 Å². The lowest BCUT2D eigenvalue weighted by Gasteiger charge is -2.38. The van der Waals surface area contributed by atoms with Crippen molar-refractivity contribution in [3.8, 4) is 0 Å². The Labute approximate surface area is 152 Å². The minimum Gasteiger partial charge on any atom is -0.206 e. The summed E-state index contributed by atoms with van der Waals surface area (Å²) in [5, 5.41) is 0. The SMILES string of the molecule is CCC1CCC(C2CCC(c3ccc(F)c(C(F)(F)F)c3F)CC2)CC1. The third-order valence-corrected chi connectivity index (χ3v) is 6.75. The van der Waals surface area contributed by atoms with E-state index >= 15 is 0 Å². The van der Waals surface area contributed by atoms with Crippen molar-refractivity contribution < 1.29 is 22.0 Å². The second-order valence-electron chi connectivity index (χ2n) is 8.12. The summed E-state index contributed by atoms with van der Waals surface area (Å²) >= 11 is 0. The lowest BCUT2D eigenvalue weighted by Crippen LogP contribution is -2.25. The summed E-state index contributed by atoms with van der Waals surface area (Å²) in [5.74, 6) is -1.02. The molecule has 2 saturated carbocycles. The van der Waals surface area contributed by atoms with Gasteiger partial charge in [0, 0.05) is 0 Å². The zero-order valence-corrected chi connectivity index (χ0v) is 15.2. The maximum atomic E-state index is 14.4. The van der Waals surface area contributed by atoms with E-state index in [0.717, 1.165) is 24.8 Å². The van der Waals surface area contributed by atoms with Crippen LogP contribution in [0.2, 0.25) is 0 Å². The van der Waals surface area contributed by atoms with Crippen LogP contribution in [0.15, 0.2) is 12.1 Å². The minimum absolute atomic E-state index is 0.0341. The average molecular weight is 374 g/mol. The first kappa shape index (κ1) is 19.6. The quantitative estimate of drug-likeness (QED) is 0.481. The largest absolute Gasteiger partial charge is 0.422 e. The monoisotopic (exact) mass is 374 g/mol. The van der Waals surface area contributed by atoms with Gasteiger partial charge in [-0.15, -0.1) is 0 Å². The molecular formula is C21H27F5. The van der Waals surface area contributed by atoms with Gasteiger partial charge in [-0.3, -0.25) is 0 Å². The van der Waals surface area contributed by atoms with E-state index in [4.69, 9.17) is 0 Å². The molecule has 2 aliphatic rings. The predicted octanol–water partition coefficient (Wildman–Crippen LogP) is 7.47. The third-order valence-electron chi connectivity index (χ3n) is 6.75.